The predicted octanol–water partition coefficient (Wildman–Crippen LogP) is 4.10. The minimum Gasteiger partial charge on any atom is -0.353 e. The van der Waals surface area contributed by atoms with Gasteiger partial charge in [-0.15, -0.1) is 0 Å². The number of hydrogen-bond donors (Lipinski definition) is 1. The Bertz CT molecular complexity index is 731. The Kier molecular flexibility index (Phi) is 6.89. The maximum absolute atomic E-state index is 12.2. The number of carbonyl (C=O) groups excluding carboxylic acids is 1. The van der Waals surface area contributed by atoms with Crippen molar-refractivity contribution in [1.29, 1.82) is 0 Å². The number of piperidine rings is 1. The molecule has 0 saturated carbocycles. The third-order valence-corrected chi connectivity index (χ3v) is 5.33. The molecule has 1 fully saturated rings. The van der Waals surface area contributed by atoms with E-state index in [1.165, 1.54) is 5.56 Å². The molecule has 4 nitrogen and oxygen atoms in total. The number of amides is 1. The first-order valence-corrected chi connectivity index (χ1v) is 9.70. The van der Waals surface area contributed by atoms with Gasteiger partial charge < -0.3 is 5.32 Å². The Balaban J connectivity index is 1.39. The van der Waals surface area contributed by atoms with Crippen LogP contribution in [0, 0.1) is 0 Å². The van der Waals surface area contributed by atoms with Gasteiger partial charge in [0.15, 0.2) is 0 Å². The van der Waals surface area contributed by atoms with Crippen molar-refractivity contribution < 1.29 is 4.79 Å². The van der Waals surface area contributed by atoms with Gasteiger partial charge in [-0.1, -0.05) is 29.3 Å². The number of rotatable bonds is 6. The van der Waals surface area contributed by atoms with Gasteiger partial charge in [0.25, 0.3) is 0 Å². The Morgan fingerprint density at radius 3 is 2.58 bits per heavy atom. The molecule has 1 aromatic carbocycles. The summed E-state index contributed by atoms with van der Waals surface area (Å²) in [5.74, 6) is 0.0867. The van der Waals surface area contributed by atoms with Crippen molar-refractivity contribution in [2.45, 2.75) is 38.3 Å². The molecule has 3 rings (SSSR count). The van der Waals surface area contributed by atoms with E-state index in [-0.39, 0.29) is 11.9 Å². The van der Waals surface area contributed by atoms with Crippen LogP contribution in [0.2, 0.25) is 10.0 Å². The summed E-state index contributed by atoms with van der Waals surface area (Å²) in [5, 5.41) is 4.39. The second-order valence-electron chi connectivity index (χ2n) is 6.71. The van der Waals surface area contributed by atoms with Crippen molar-refractivity contribution >= 4 is 29.1 Å². The van der Waals surface area contributed by atoms with Crippen LogP contribution in [0.4, 0.5) is 0 Å². The van der Waals surface area contributed by atoms with E-state index < -0.39 is 0 Å². The first kappa shape index (κ1) is 19.2. The minimum atomic E-state index is 0.0867. The fourth-order valence-corrected chi connectivity index (χ4v) is 3.76. The summed E-state index contributed by atoms with van der Waals surface area (Å²) >= 11 is 12.1. The molecular formula is C20H23Cl2N3O. The second-order valence-corrected chi connectivity index (χ2v) is 7.55. The molecule has 0 bridgehead atoms. The van der Waals surface area contributed by atoms with Crippen LogP contribution < -0.4 is 5.32 Å². The zero-order chi connectivity index (χ0) is 18.4. The summed E-state index contributed by atoms with van der Waals surface area (Å²) in [6.45, 7) is 2.94. The van der Waals surface area contributed by atoms with E-state index in [1.807, 2.05) is 18.5 Å². The number of nitrogens with zero attached hydrogens (tertiary/aromatic N) is 2. The highest BCUT2D eigenvalue weighted by molar-refractivity contribution is 6.35. The highest BCUT2D eigenvalue weighted by atomic mass is 35.5. The lowest BCUT2D eigenvalue weighted by molar-refractivity contribution is -0.122. The van der Waals surface area contributed by atoms with Crippen LogP contribution >= 0.6 is 23.2 Å². The molecule has 0 radical (unpaired) electrons. The van der Waals surface area contributed by atoms with Crippen molar-refractivity contribution in [2.75, 3.05) is 13.1 Å². The highest BCUT2D eigenvalue weighted by Crippen LogP contribution is 2.22. The number of likely N-dealkylation sites (tertiary alicyclic amines) is 1. The number of nitrogens with one attached hydrogen (secondary N) is 1. The summed E-state index contributed by atoms with van der Waals surface area (Å²) in [4.78, 5) is 18.7. The van der Waals surface area contributed by atoms with Crippen LogP contribution in [0.1, 0.15) is 30.4 Å². The van der Waals surface area contributed by atoms with E-state index >= 15 is 0 Å². The van der Waals surface area contributed by atoms with Gasteiger partial charge in [0.05, 0.1) is 0 Å². The molecule has 2 aromatic rings. The minimum absolute atomic E-state index is 0.0867. The molecule has 1 aromatic heterocycles. The van der Waals surface area contributed by atoms with E-state index in [4.69, 9.17) is 23.2 Å². The van der Waals surface area contributed by atoms with E-state index in [2.05, 4.69) is 27.3 Å². The average Bonchev–Trinajstić information content (AvgIpc) is 2.63. The number of benzene rings is 1. The third-order valence-electron chi connectivity index (χ3n) is 4.74. The Hall–Kier alpha value is -1.62. The normalized spacial score (nSPS) is 15.8. The fraction of sp³-hybridized carbons (Fsp3) is 0.400. The van der Waals surface area contributed by atoms with Crippen LogP contribution in [0.3, 0.4) is 0 Å². The zero-order valence-electron chi connectivity index (χ0n) is 14.6. The summed E-state index contributed by atoms with van der Waals surface area (Å²) in [6.07, 6.45) is 6.70. The van der Waals surface area contributed by atoms with E-state index in [1.54, 1.807) is 12.1 Å². The summed E-state index contributed by atoms with van der Waals surface area (Å²) in [5.41, 5.74) is 2.24. The van der Waals surface area contributed by atoms with Crippen molar-refractivity contribution in [3.8, 4) is 0 Å². The molecule has 1 aliphatic heterocycles. The number of aryl methyl sites for hydroxylation is 1. The quantitative estimate of drug-likeness (QED) is 0.805. The SMILES string of the molecule is O=C(CCc1ccc(Cl)cc1Cl)NC1CCN(Cc2ccncc2)CC1. The third kappa shape index (κ3) is 5.70. The summed E-state index contributed by atoms with van der Waals surface area (Å²) < 4.78 is 0. The van der Waals surface area contributed by atoms with Crippen molar-refractivity contribution in [1.82, 2.24) is 15.2 Å². The largest absolute Gasteiger partial charge is 0.353 e. The van der Waals surface area contributed by atoms with Gasteiger partial charge in [-0.05, 0) is 54.7 Å². The molecule has 1 N–H and O–H groups in total. The summed E-state index contributed by atoms with van der Waals surface area (Å²) in [6, 6.07) is 9.77. The number of carbonyl (C=O) groups is 1. The van der Waals surface area contributed by atoms with Gasteiger partial charge in [-0.2, -0.15) is 0 Å². The fourth-order valence-electron chi connectivity index (χ4n) is 3.25. The molecule has 1 amide bonds. The molecular weight excluding hydrogens is 369 g/mol. The zero-order valence-corrected chi connectivity index (χ0v) is 16.1. The van der Waals surface area contributed by atoms with E-state index in [9.17, 15) is 4.79 Å². The second kappa shape index (κ2) is 9.36. The van der Waals surface area contributed by atoms with Gasteiger partial charge in [-0.3, -0.25) is 14.7 Å². The predicted molar refractivity (Wildman–Crippen MR) is 105 cm³/mol. The number of halogens is 2. The molecule has 1 aliphatic rings. The van der Waals surface area contributed by atoms with E-state index in [0.717, 1.165) is 38.0 Å². The van der Waals surface area contributed by atoms with Gasteiger partial charge in [0.2, 0.25) is 5.91 Å². The average molecular weight is 392 g/mol. The highest BCUT2D eigenvalue weighted by Gasteiger charge is 2.20. The van der Waals surface area contributed by atoms with Crippen LogP contribution in [0.5, 0.6) is 0 Å². The Morgan fingerprint density at radius 1 is 1.15 bits per heavy atom. The summed E-state index contributed by atoms with van der Waals surface area (Å²) in [7, 11) is 0. The first-order valence-electron chi connectivity index (χ1n) is 8.95. The lowest BCUT2D eigenvalue weighted by Gasteiger charge is -2.32. The lowest BCUT2D eigenvalue weighted by atomic mass is 10.0. The maximum atomic E-state index is 12.2. The number of pyridine rings is 1. The molecule has 0 unspecified atom stereocenters. The van der Waals surface area contributed by atoms with Crippen LogP contribution in [-0.4, -0.2) is 34.9 Å². The monoisotopic (exact) mass is 391 g/mol. The van der Waals surface area contributed by atoms with Crippen molar-refractivity contribution in [3.05, 3.63) is 63.9 Å². The van der Waals surface area contributed by atoms with Gasteiger partial charge in [-0.25, -0.2) is 0 Å². The maximum Gasteiger partial charge on any atom is 0.220 e. The number of hydrogen-bond acceptors (Lipinski definition) is 3. The molecule has 138 valence electrons. The van der Waals surface area contributed by atoms with E-state index in [0.29, 0.717) is 22.9 Å². The smallest absolute Gasteiger partial charge is 0.220 e. The molecule has 0 spiro atoms. The number of aromatic nitrogens is 1. The lowest BCUT2D eigenvalue weighted by Crippen LogP contribution is -2.44. The van der Waals surface area contributed by atoms with Crippen LogP contribution in [-0.2, 0) is 17.8 Å². The van der Waals surface area contributed by atoms with Crippen molar-refractivity contribution in [3.63, 3.8) is 0 Å². The Labute approximate surface area is 164 Å². The van der Waals surface area contributed by atoms with Crippen LogP contribution in [0.25, 0.3) is 0 Å². The molecule has 2 heterocycles. The van der Waals surface area contributed by atoms with Gasteiger partial charge >= 0.3 is 0 Å². The topological polar surface area (TPSA) is 45.2 Å². The molecule has 6 heteroatoms. The standard InChI is InChI=1S/C20H23Cl2N3O/c21-17-3-1-16(19(22)13-17)2-4-20(26)24-18-7-11-25(12-8-18)14-15-5-9-23-10-6-15/h1,3,5-6,9-10,13,18H,2,4,7-8,11-12,14H2,(H,24,26). The van der Waals surface area contributed by atoms with Gasteiger partial charge in [0.1, 0.15) is 0 Å². The molecule has 26 heavy (non-hydrogen) atoms. The van der Waals surface area contributed by atoms with Crippen molar-refractivity contribution in [2.24, 2.45) is 0 Å². The Morgan fingerprint density at radius 2 is 1.88 bits per heavy atom. The molecule has 0 aliphatic carbocycles. The van der Waals surface area contributed by atoms with Gasteiger partial charge in [0, 0.05) is 54.5 Å². The molecule has 1 saturated heterocycles. The van der Waals surface area contributed by atoms with Crippen LogP contribution in [0.15, 0.2) is 42.7 Å². The molecule has 0 atom stereocenters. The first-order chi connectivity index (χ1) is 12.6.